The first-order valence-corrected chi connectivity index (χ1v) is 11.0. The van der Waals surface area contributed by atoms with Crippen LogP contribution in [0.25, 0.3) is 28.1 Å². The van der Waals surface area contributed by atoms with Crippen LogP contribution >= 0.6 is 0 Å². The molecule has 0 spiro atoms. The molecule has 0 aliphatic heterocycles. The minimum atomic E-state index is -0.826. The lowest BCUT2D eigenvalue weighted by Gasteiger charge is -2.15. The highest BCUT2D eigenvalue weighted by atomic mass is 19.1. The number of rotatable bonds is 6. The van der Waals surface area contributed by atoms with Crippen molar-refractivity contribution in [3.8, 4) is 28.6 Å². The van der Waals surface area contributed by atoms with E-state index < -0.39 is 17.4 Å². The number of aromatic nitrogens is 4. The first kappa shape index (κ1) is 23.0. The van der Waals surface area contributed by atoms with Gasteiger partial charge in [0.25, 0.3) is 0 Å². The molecule has 10 heteroatoms. The third-order valence-electron chi connectivity index (χ3n) is 5.88. The van der Waals surface area contributed by atoms with Gasteiger partial charge in [-0.05, 0) is 36.8 Å². The SMILES string of the molecule is COc1ccc(CNc2ncnc3c(C)c(-c4ncc(N)cc4F)n(-c4ccc(O)c(F)c4)c23)cc1. The van der Waals surface area contributed by atoms with Gasteiger partial charge in [-0.2, -0.15) is 0 Å². The molecule has 0 fully saturated rings. The molecule has 8 nitrogen and oxygen atoms in total. The van der Waals surface area contributed by atoms with Crippen molar-refractivity contribution in [2.24, 2.45) is 0 Å². The van der Waals surface area contributed by atoms with Gasteiger partial charge in [0.05, 0.1) is 30.2 Å². The monoisotopic (exact) mass is 488 g/mol. The fourth-order valence-corrected chi connectivity index (χ4v) is 4.12. The van der Waals surface area contributed by atoms with Gasteiger partial charge in [-0.25, -0.2) is 23.7 Å². The first-order valence-electron chi connectivity index (χ1n) is 11.0. The quantitative estimate of drug-likeness (QED) is 0.309. The molecule has 0 saturated carbocycles. The largest absolute Gasteiger partial charge is 0.505 e. The number of nitrogen functional groups attached to an aromatic ring is 1. The predicted octanol–water partition coefficient (Wildman–Crippen LogP) is 4.98. The molecular formula is C26H22F2N6O2. The number of hydrogen-bond donors (Lipinski definition) is 3. The van der Waals surface area contributed by atoms with Gasteiger partial charge in [-0.3, -0.25) is 0 Å². The van der Waals surface area contributed by atoms with Crippen LogP contribution in [-0.2, 0) is 6.54 Å². The zero-order chi connectivity index (χ0) is 25.4. The molecule has 0 atom stereocenters. The number of aromatic hydroxyl groups is 1. The second-order valence-electron chi connectivity index (χ2n) is 8.16. The van der Waals surface area contributed by atoms with Crippen molar-refractivity contribution in [2.75, 3.05) is 18.2 Å². The molecule has 4 N–H and O–H groups in total. The topological polar surface area (TPSA) is 111 Å². The zero-order valence-electron chi connectivity index (χ0n) is 19.5. The van der Waals surface area contributed by atoms with E-state index >= 15 is 4.39 Å². The van der Waals surface area contributed by atoms with E-state index in [0.717, 1.165) is 17.4 Å². The zero-order valence-corrected chi connectivity index (χ0v) is 19.5. The summed E-state index contributed by atoms with van der Waals surface area (Å²) in [6.07, 6.45) is 2.76. The number of nitrogens with zero attached hydrogens (tertiary/aromatic N) is 4. The Hall–Kier alpha value is -4.73. The summed E-state index contributed by atoms with van der Waals surface area (Å²) >= 11 is 0. The molecule has 5 aromatic rings. The number of nitrogens with two attached hydrogens (primary N) is 1. The van der Waals surface area contributed by atoms with E-state index in [-0.39, 0.29) is 11.4 Å². The minimum Gasteiger partial charge on any atom is -0.505 e. The van der Waals surface area contributed by atoms with Gasteiger partial charge in [0.2, 0.25) is 0 Å². The van der Waals surface area contributed by atoms with Crippen LogP contribution in [-0.4, -0.2) is 31.7 Å². The van der Waals surface area contributed by atoms with E-state index in [1.54, 1.807) is 18.6 Å². The van der Waals surface area contributed by atoms with Crippen molar-refractivity contribution < 1.29 is 18.6 Å². The highest BCUT2D eigenvalue weighted by Gasteiger charge is 2.25. The summed E-state index contributed by atoms with van der Waals surface area (Å²) in [6.45, 7) is 2.21. The summed E-state index contributed by atoms with van der Waals surface area (Å²) in [5, 5.41) is 13.1. The van der Waals surface area contributed by atoms with Crippen LogP contribution in [0.4, 0.5) is 20.3 Å². The van der Waals surface area contributed by atoms with Gasteiger partial charge in [0.1, 0.15) is 23.3 Å². The molecule has 0 aliphatic rings. The molecule has 3 heterocycles. The lowest BCUT2D eigenvalue weighted by Crippen LogP contribution is -2.06. The highest BCUT2D eigenvalue weighted by Crippen LogP contribution is 2.38. The van der Waals surface area contributed by atoms with E-state index in [9.17, 15) is 9.50 Å². The minimum absolute atomic E-state index is 0.0225. The highest BCUT2D eigenvalue weighted by molar-refractivity contribution is 5.96. The molecule has 5 rings (SSSR count). The second kappa shape index (κ2) is 9.14. The van der Waals surface area contributed by atoms with E-state index in [0.29, 0.717) is 40.3 Å². The Labute approximate surface area is 205 Å². The van der Waals surface area contributed by atoms with Crippen molar-refractivity contribution in [3.63, 3.8) is 0 Å². The second-order valence-corrected chi connectivity index (χ2v) is 8.16. The Kier molecular flexibility index (Phi) is 5.85. The van der Waals surface area contributed by atoms with Crippen LogP contribution in [0.1, 0.15) is 11.1 Å². The molecule has 36 heavy (non-hydrogen) atoms. The Morgan fingerprint density at radius 1 is 1.03 bits per heavy atom. The molecule has 2 aromatic carbocycles. The van der Waals surface area contributed by atoms with Crippen molar-refractivity contribution in [2.45, 2.75) is 13.5 Å². The van der Waals surface area contributed by atoms with Crippen molar-refractivity contribution >= 4 is 22.5 Å². The Morgan fingerprint density at radius 2 is 1.81 bits per heavy atom. The number of ether oxygens (including phenoxy) is 1. The van der Waals surface area contributed by atoms with Crippen molar-refractivity contribution in [1.82, 2.24) is 19.5 Å². The maximum absolute atomic E-state index is 15.1. The van der Waals surface area contributed by atoms with Gasteiger partial charge >= 0.3 is 0 Å². The van der Waals surface area contributed by atoms with Crippen LogP contribution < -0.4 is 15.8 Å². The van der Waals surface area contributed by atoms with Gasteiger partial charge < -0.3 is 25.5 Å². The Bertz CT molecular complexity index is 1580. The van der Waals surface area contributed by atoms with Crippen LogP contribution in [0, 0.1) is 18.6 Å². The number of methoxy groups -OCH3 is 1. The van der Waals surface area contributed by atoms with Crippen LogP contribution in [0.5, 0.6) is 11.5 Å². The summed E-state index contributed by atoms with van der Waals surface area (Å²) in [7, 11) is 1.60. The molecule has 0 aliphatic carbocycles. The summed E-state index contributed by atoms with van der Waals surface area (Å²) in [5.41, 5.74) is 9.23. The van der Waals surface area contributed by atoms with Gasteiger partial charge in [0.15, 0.2) is 23.2 Å². The number of anilines is 2. The maximum atomic E-state index is 15.1. The molecular weight excluding hydrogens is 466 g/mol. The maximum Gasteiger partial charge on any atom is 0.166 e. The van der Waals surface area contributed by atoms with Gasteiger partial charge in [-0.15, -0.1) is 0 Å². The summed E-state index contributed by atoms with van der Waals surface area (Å²) in [4.78, 5) is 13.1. The van der Waals surface area contributed by atoms with E-state index in [4.69, 9.17) is 10.5 Å². The number of pyridine rings is 1. The average molecular weight is 488 g/mol. The van der Waals surface area contributed by atoms with E-state index in [2.05, 4.69) is 20.3 Å². The standard InChI is InChI=1S/C26H22F2N6O2/c1-14-22-25(26(33-13-32-22)31-11-15-3-6-18(36-2)7-4-15)34(17-5-8-21(35)19(27)10-17)24(14)23-20(28)9-16(29)12-30-23/h3-10,12-13,35H,11,29H2,1-2H3,(H,31,32,33). The summed E-state index contributed by atoms with van der Waals surface area (Å²) in [6, 6.07) is 12.6. The van der Waals surface area contributed by atoms with Crippen molar-refractivity contribution in [3.05, 3.63) is 83.8 Å². The molecule has 0 saturated heterocycles. The number of phenolic OH excluding ortho intramolecular Hbond substituents is 1. The summed E-state index contributed by atoms with van der Waals surface area (Å²) in [5.74, 6) is -0.769. The smallest absolute Gasteiger partial charge is 0.166 e. The molecule has 0 amide bonds. The van der Waals surface area contributed by atoms with E-state index in [1.807, 2.05) is 24.3 Å². The number of nitrogens with one attached hydrogen (secondary N) is 1. The predicted molar refractivity (Wildman–Crippen MR) is 133 cm³/mol. The lowest BCUT2D eigenvalue weighted by atomic mass is 10.1. The number of aryl methyl sites for hydroxylation is 1. The fraction of sp³-hybridized carbons (Fsp3) is 0.115. The lowest BCUT2D eigenvalue weighted by molar-refractivity contribution is 0.414. The van der Waals surface area contributed by atoms with Crippen LogP contribution in [0.15, 0.2) is 61.1 Å². The van der Waals surface area contributed by atoms with Crippen LogP contribution in [0.3, 0.4) is 0 Å². The molecule has 0 radical (unpaired) electrons. The molecule has 3 aromatic heterocycles. The number of halogens is 2. The third-order valence-corrected chi connectivity index (χ3v) is 5.88. The molecule has 0 unspecified atom stereocenters. The van der Waals surface area contributed by atoms with Crippen molar-refractivity contribution in [1.29, 1.82) is 0 Å². The average Bonchev–Trinajstić information content (AvgIpc) is 3.17. The Balaban J connectivity index is 1.72. The normalized spacial score (nSPS) is 11.1. The number of hydrogen-bond acceptors (Lipinski definition) is 7. The summed E-state index contributed by atoms with van der Waals surface area (Å²) < 4.78 is 36.4. The third kappa shape index (κ3) is 4.02. The van der Waals surface area contributed by atoms with Crippen LogP contribution in [0.2, 0.25) is 0 Å². The fourth-order valence-electron chi connectivity index (χ4n) is 4.12. The Morgan fingerprint density at radius 3 is 2.50 bits per heavy atom. The number of phenols is 1. The number of fused-ring (bicyclic) bond motifs is 1. The number of benzene rings is 2. The molecule has 0 bridgehead atoms. The first-order chi connectivity index (χ1) is 17.4. The van der Waals surface area contributed by atoms with Gasteiger partial charge in [-0.1, -0.05) is 12.1 Å². The van der Waals surface area contributed by atoms with E-state index in [1.165, 1.54) is 30.7 Å². The molecule has 182 valence electrons. The van der Waals surface area contributed by atoms with Gasteiger partial charge in [0, 0.05) is 29.9 Å².